The van der Waals surface area contributed by atoms with Crippen LogP contribution in [0, 0.1) is 57.2 Å². The number of hydrogen-bond donors (Lipinski definition) is 2. The summed E-state index contributed by atoms with van der Waals surface area (Å²) in [5.41, 5.74) is 10.3. The van der Waals surface area contributed by atoms with Crippen molar-refractivity contribution in [1.82, 2.24) is 0 Å². The Morgan fingerprint density at radius 3 is 1.10 bits per heavy atom. The van der Waals surface area contributed by atoms with Crippen LogP contribution in [-0.2, 0) is 48.6 Å². The molecular formula is C66H104O2S2Ti. The van der Waals surface area contributed by atoms with Gasteiger partial charge in [-0.3, -0.25) is 0 Å². The first-order valence-electron chi connectivity index (χ1n) is 30.1. The molecule has 0 saturated heterocycles. The zero-order valence-corrected chi connectivity index (χ0v) is 51.3. The van der Waals surface area contributed by atoms with Gasteiger partial charge in [0.1, 0.15) is 0 Å². The topological polar surface area (TPSA) is 40.5 Å². The van der Waals surface area contributed by atoms with Crippen molar-refractivity contribution in [3.63, 3.8) is 0 Å². The van der Waals surface area contributed by atoms with Crippen molar-refractivity contribution in [2.45, 2.75) is 282 Å². The van der Waals surface area contributed by atoms with Crippen molar-refractivity contribution in [2.24, 2.45) is 57.2 Å². The first kappa shape index (κ1) is 53.8. The Hall–Kier alpha value is -0.546. The number of rotatable bonds is 14. The molecule has 2 N–H and O–H groups in total. The number of hydrogen-bond acceptors (Lipinski definition) is 2. The molecular weight excluding hydrogens is 937 g/mol. The Bertz CT molecular complexity index is 2190. The third kappa shape index (κ3) is 10.4. The van der Waals surface area contributed by atoms with E-state index >= 15 is 0 Å². The fourth-order valence-corrected chi connectivity index (χ4v) is 41.7. The molecule has 7 unspecified atom stereocenters. The van der Waals surface area contributed by atoms with E-state index in [0.717, 1.165) is 45.3 Å². The molecule has 2 aromatic rings. The second kappa shape index (κ2) is 19.1. The maximum absolute atomic E-state index is 13.2. The van der Waals surface area contributed by atoms with Crippen molar-refractivity contribution in [2.75, 3.05) is 0 Å². The average Bonchev–Trinajstić information content (AvgIpc) is 3.48. The fraction of sp³-hybridized carbons (Fsp3) is 0.818. The first-order valence-corrected chi connectivity index (χ1v) is 36.8. The molecule has 1 heterocycles. The van der Waals surface area contributed by atoms with Crippen molar-refractivity contribution in [1.29, 1.82) is 0 Å². The normalized spacial score (nSPS) is 38.6. The second-order valence-corrected chi connectivity index (χ2v) is 43.3. The summed E-state index contributed by atoms with van der Waals surface area (Å²) in [7, 11) is 0.630. The molecule has 8 bridgehead atoms. The van der Waals surface area contributed by atoms with Gasteiger partial charge in [-0.05, 0) is 0 Å². The van der Waals surface area contributed by atoms with Crippen molar-refractivity contribution >= 4 is 15.9 Å². The quantitative estimate of drug-likeness (QED) is 0.185. The van der Waals surface area contributed by atoms with Crippen LogP contribution >= 0.6 is 15.9 Å². The van der Waals surface area contributed by atoms with E-state index in [9.17, 15) is 10.2 Å². The van der Waals surface area contributed by atoms with Crippen LogP contribution in [0.4, 0.5) is 0 Å². The Morgan fingerprint density at radius 1 is 0.479 bits per heavy atom. The number of fused-ring (bicyclic) bond motifs is 1. The summed E-state index contributed by atoms with van der Waals surface area (Å²) in [5.74, 6) is 8.11. The molecule has 0 spiro atoms. The van der Waals surface area contributed by atoms with Crippen molar-refractivity contribution in [3.05, 3.63) is 57.6 Å². The molecule has 9 aliphatic carbocycles. The number of benzene rings is 2. The Kier molecular flexibility index (Phi) is 14.5. The molecule has 12 rings (SSSR count). The first-order chi connectivity index (χ1) is 33.2. The van der Waals surface area contributed by atoms with Crippen molar-refractivity contribution in [3.8, 4) is 11.5 Å². The fourth-order valence-electron chi connectivity index (χ4n) is 20.9. The molecule has 71 heavy (non-hydrogen) atoms. The molecule has 10 aliphatic rings. The van der Waals surface area contributed by atoms with E-state index in [1.54, 1.807) is 0 Å². The van der Waals surface area contributed by atoms with E-state index in [4.69, 9.17) is 0 Å². The van der Waals surface area contributed by atoms with Crippen LogP contribution in [0.5, 0.6) is 11.5 Å². The number of phenolic OH excluding ortho intramolecular Hbond substituents is 2. The summed E-state index contributed by atoms with van der Waals surface area (Å²) < 4.78 is 0. The van der Waals surface area contributed by atoms with Gasteiger partial charge in [-0.25, -0.2) is 0 Å². The molecule has 2 aromatic carbocycles. The zero-order chi connectivity index (χ0) is 50.9. The van der Waals surface area contributed by atoms with Crippen LogP contribution in [0.25, 0.3) is 0 Å². The monoisotopic (exact) mass is 1040 g/mol. The standard InChI is InChI=1S/C66H104O2S2.Ti/c1-43(2)25-61-29-47-30-62(37-61,26-44(3)4)40-65(33-47,39-61)53-23-51(59(9,10)11)21-49(57(53)67)35-69-55-19-17-15-16-18-20-56(55)70-36-50-22-52(60(12,13)14)24-54(58(50)68)66-34-48-31-63(41-66,27-45(5)6)38-64(32-48,42-66)28-46(7)8;/h21-24,43-48,55-56,67-68H,15-20,25-42H2,1-14H3;/t47?,48?,55-,56?,61?,62?,63?,64?,65?,66?;/m0./s1. The molecule has 5 heteroatoms. The number of phenols is 2. The molecule has 0 aromatic heterocycles. The van der Waals surface area contributed by atoms with Crippen molar-refractivity contribution < 1.29 is 25.7 Å². The minimum atomic E-state index is -0.334. The van der Waals surface area contributed by atoms with Gasteiger partial charge < -0.3 is 0 Å². The maximum atomic E-state index is 13.2. The molecule has 2 nitrogen and oxygen atoms in total. The van der Waals surface area contributed by atoms with Crippen LogP contribution in [-0.4, -0.2) is 20.7 Å². The van der Waals surface area contributed by atoms with Gasteiger partial charge in [0.25, 0.3) is 0 Å². The van der Waals surface area contributed by atoms with E-state index in [-0.39, 0.29) is 37.1 Å². The summed E-state index contributed by atoms with van der Waals surface area (Å²) >= 11 is -0.334. The Labute approximate surface area is 446 Å². The van der Waals surface area contributed by atoms with Gasteiger partial charge in [0.05, 0.1) is 0 Å². The molecule has 8 atom stereocenters. The predicted octanol–water partition coefficient (Wildman–Crippen LogP) is 19.5. The molecule has 1 aliphatic heterocycles. The van der Waals surface area contributed by atoms with Gasteiger partial charge in [-0.2, -0.15) is 0 Å². The van der Waals surface area contributed by atoms with Gasteiger partial charge in [0.15, 0.2) is 0 Å². The minimum absolute atomic E-state index is 0.0275. The summed E-state index contributed by atoms with van der Waals surface area (Å²) in [6.45, 7) is 34.5. The third-order valence-corrected chi connectivity index (χ3v) is 36.9. The zero-order valence-electron chi connectivity index (χ0n) is 48.1. The number of aromatic hydroxyl groups is 2. The second-order valence-electron chi connectivity index (χ2n) is 31.8. The molecule has 0 radical (unpaired) electrons. The average molecular weight is 1040 g/mol. The van der Waals surface area contributed by atoms with Crippen LogP contribution in [0.3, 0.4) is 0 Å². The SMILES string of the molecule is CC(C)CC12CC3CC(CC(C)C)(C1)CC(c1cc(C(C)(C)C)cc(C[S]4=[Ti]=[S](Cc5cc(C(C)(C)C)cc(C67CC8CC(CC(C)C)(CC(CC(C)C)(C8)C6)C7)c5O)[C@H]5CCCCCCC54)c1O)(C3)C2. The molecule has 9 saturated carbocycles. The van der Waals surface area contributed by atoms with E-state index in [0.29, 0.717) is 61.3 Å². The van der Waals surface area contributed by atoms with Crippen LogP contribution in [0.15, 0.2) is 24.3 Å². The van der Waals surface area contributed by atoms with Gasteiger partial charge in [-0.1, -0.05) is 0 Å². The Balaban J connectivity index is 1.07. The Morgan fingerprint density at radius 2 is 0.803 bits per heavy atom. The predicted molar refractivity (Wildman–Crippen MR) is 305 cm³/mol. The van der Waals surface area contributed by atoms with E-state index in [1.807, 2.05) is 0 Å². The van der Waals surface area contributed by atoms with Gasteiger partial charge >= 0.3 is 450 Å². The summed E-state index contributed by atoms with van der Waals surface area (Å²) in [6, 6.07) is 10.2. The molecule has 9 fully saturated rings. The third-order valence-electron chi connectivity index (χ3n) is 20.9. The van der Waals surface area contributed by atoms with E-state index in [1.165, 1.54) is 175 Å². The molecule has 396 valence electrons. The summed E-state index contributed by atoms with van der Waals surface area (Å²) in [5, 5.41) is 28.0. The summed E-state index contributed by atoms with van der Waals surface area (Å²) in [4.78, 5) is 0. The van der Waals surface area contributed by atoms with Gasteiger partial charge in [0, 0.05) is 0 Å². The van der Waals surface area contributed by atoms with Crippen LogP contribution < -0.4 is 0 Å². The summed E-state index contributed by atoms with van der Waals surface area (Å²) in [6.07, 6.45) is 30.0. The van der Waals surface area contributed by atoms with Crippen LogP contribution in [0.1, 0.15) is 272 Å². The van der Waals surface area contributed by atoms with Crippen LogP contribution in [0.2, 0.25) is 0 Å². The molecule has 0 amide bonds. The van der Waals surface area contributed by atoms with Gasteiger partial charge in [0.2, 0.25) is 0 Å². The van der Waals surface area contributed by atoms with Gasteiger partial charge in [-0.15, -0.1) is 0 Å². The van der Waals surface area contributed by atoms with E-state index < -0.39 is 0 Å². The van der Waals surface area contributed by atoms with E-state index in [2.05, 4.69) is 121 Å².